The summed E-state index contributed by atoms with van der Waals surface area (Å²) >= 11 is 0. The Morgan fingerprint density at radius 1 is 1.17 bits per heavy atom. The first kappa shape index (κ1) is 14.8. The molecule has 0 bridgehead atoms. The van der Waals surface area contributed by atoms with Crippen LogP contribution in [0.15, 0.2) is 0 Å². The maximum Gasteiger partial charge on any atom is 0.408 e. The van der Waals surface area contributed by atoms with Gasteiger partial charge < -0.3 is 19.9 Å². The van der Waals surface area contributed by atoms with E-state index in [1.807, 2.05) is 7.05 Å². The smallest absolute Gasteiger partial charge is 0.408 e. The first-order chi connectivity index (χ1) is 8.28. The molecule has 0 atom stereocenters. The predicted molar refractivity (Wildman–Crippen MR) is 68.3 cm³/mol. The average molecular weight is 257 g/mol. The van der Waals surface area contributed by atoms with Gasteiger partial charge in [-0.05, 0) is 27.8 Å². The fourth-order valence-corrected chi connectivity index (χ4v) is 1.63. The molecule has 1 heterocycles. The standard InChI is InChI=1S/C12H23N3O3/c1-12(2,3)18-11(17)13-9-10(16)15-7-5-14(4)6-8-15/h5-9H2,1-4H3,(H,13,17). The highest BCUT2D eigenvalue weighted by atomic mass is 16.6. The number of ether oxygens (including phenoxy) is 1. The molecule has 104 valence electrons. The second kappa shape index (κ2) is 6.04. The van der Waals surface area contributed by atoms with Gasteiger partial charge in [0.15, 0.2) is 0 Å². The molecular formula is C12H23N3O3. The minimum Gasteiger partial charge on any atom is -0.444 e. The summed E-state index contributed by atoms with van der Waals surface area (Å²) in [6, 6.07) is 0. The van der Waals surface area contributed by atoms with Gasteiger partial charge in [0, 0.05) is 26.2 Å². The highest BCUT2D eigenvalue weighted by Gasteiger charge is 2.21. The molecule has 0 radical (unpaired) electrons. The van der Waals surface area contributed by atoms with Crippen LogP contribution >= 0.6 is 0 Å². The number of amides is 2. The quantitative estimate of drug-likeness (QED) is 0.772. The molecule has 0 saturated carbocycles. The van der Waals surface area contributed by atoms with Gasteiger partial charge in [0.2, 0.25) is 5.91 Å². The minimum absolute atomic E-state index is 0.00136. The van der Waals surface area contributed by atoms with E-state index in [1.54, 1.807) is 25.7 Å². The number of alkyl carbamates (subject to hydrolysis) is 1. The summed E-state index contributed by atoms with van der Waals surface area (Å²) in [5.74, 6) is -0.0611. The van der Waals surface area contributed by atoms with Gasteiger partial charge in [-0.25, -0.2) is 4.79 Å². The highest BCUT2D eigenvalue weighted by Crippen LogP contribution is 2.06. The predicted octanol–water partition coefficient (Wildman–Crippen LogP) is 0.285. The van der Waals surface area contributed by atoms with E-state index in [0.29, 0.717) is 13.1 Å². The summed E-state index contributed by atoms with van der Waals surface area (Å²) < 4.78 is 5.06. The molecule has 2 amide bonds. The van der Waals surface area contributed by atoms with Gasteiger partial charge in [-0.15, -0.1) is 0 Å². The van der Waals surface area contributed by atoms with Crippen LogP contribution in [-0.4, -0.2) is 67.2 Å². The number of piperazine rings is 1. The zero-order valence-electron chi connectivity index (χ0n) is 11.7. The normalized spacial score (nSPS) is 17.4. The molecule has 6 nitrogen and oxygen atoms in total. The lowest BCUT2D eigenvalue weighted by molar-refractivity contribution is -0.131. The summed E-state index contributed by atoms with van der Waals surface area (Å²) in [4.78, 5) is 27.1. The van der Waals surface area contributed by atoms with E-state index in [-0.39, 0.29) is 12.5 Å². The molecule has 1 rings (SSSR count). The Labute approximate surface area is 108 Å². The topological polar surface area (TPSA) is 61.9 Å². The van der Waals surface area contributed by atoms with E-state index in [9.17, 15) is 9.59 Å². The van der Waals surface area contributed by atoms with E-state index in [1.165, 1.54) is 0 Å². The van der Waals surface area contributed by atoms with Crippen LogP contribution in [-0.2, 0) is 9.53 Å². The summed E-state index contributed by atoms with van der Waals surface area (Å²) in [6.07, 6.45) is -0.551. The van der Waals surface area contributed by atoms with Crippen LogP contribution in [0.3, 0.4) is 0 Å². The van der Waals surface area contributed by atoms with Gasteiger partial charge in [0.25, 0.3) is 0 Å². The van der Waals surface area contributed by atoms with Crippen molar-refractivity contribution in [1.82, 2.24) is 15.1 Å². The fraction of sp³-hybridized carbons (Fsp3) is 0.833. The van der Waals surface area contributed by atoms with Crippen LogP contribution in [0.25, 0.3) is 0 Å². The molecule has 6 heteroatoms. The van der Waals surface area contributed by atoms with Gasteiger partial charge in [-0.2, -0.15) is 0 Å². The Morgan fingerprint density at radius 2 is 1.72 bits per heavy atom. The van der Waals surface area contributed by atoms with Crippen LogP contribution < -0.4 is 5.32 Å². The van der Waals surface area contributed by atoms with Crippen molar-refractivity contribution >= 4 is 12.0 Å². The zero-order valence-corrected chi connectivity index (χ0v) is 11.7. The third kappa shape index (κ3) is 5.35. The van der Waals surface area contributed by atoms with Gasteiger partial charge >= 0.3 is 6.09 Å². The highest BCUT2D eigenvalue weighted by molar-refractivity contribution is 5.82. The van der Waals surface area contributed by atoms with Crippen LogP contribution in [0.5, 0.6) is 0 Å². The largest absolute Gasteiger partial charge is 0.444 e. The van der Waals surface area contributed by atoms with Crippen LogP contribution in [0, 0.1) is 0 Å². The SMILES string of the molecule is CN1CCN(C(=O)CNC(=O)OC(C)(C)C)CC1. The van der Waals surface area contributed by atoms with Crippen molar-refractivity contribution in [3.05, 3.63) is 0 Å². The second-order valence-electron chi connectivity index (χ2n) is 5.54. The van der Waals surface area contributed by atoms with Crippen LogP contribution in [0.1, 0.15) is 20.8 Å². The van der Waals surface area contributed by atoms with Crippen molar-refractivity contribution in [1.29, 1.82) is 0 Å². The summed E-state index contributed by atoms with van der Waals surface area (Å²) in [5, 5.41) is 2.48. The van der Waals surface area contributed by atoms with Crippen molar-refractivity contribution in [2.75, 3.05) is 39.8 Å². The number of hydrogen-bond acceptors (Lipinski definition) is 4. The molecular weight excluding hydrogens is 234 g/mol. The summed E-state index contributed by atoms with van der Waals surface area (Å²) in [5.41, 5.74) is -0.541. The van der Waals surface area contributed by atoms with Gasteiger partial charge in [-0.1, -0.05) is 0 Å². The van der Waals surface area contributed by atoms with Crippen LogP contribution in [0.2, 0.25) is 0 Å². The molecule has 1 fully saturated rings. The number of carbonyl (C=O) groups is 2. The molecule has 1 aliphatic rings. The second-order valence-corrected chi connectivity index (χ2v) is 5.54. The number of hydrogen-bond donors (Lipinski definition) is 1. The molecule has 0 spiro atoms. The first-order valence-electron chi connectivity index (χ1n) is 6.21. The molecule has 0 aromatic heterocycles. The Morgan fingerprint density at radius 3 is 2.22 bits per heavy atom. The van der Waals surface area contributed by atoms with Crippen molar-refractivity contribution < 1.29 is 14.3 Å². The lowest BCUT2D eigenvalue weighted by atomic mass is 10.2. The molecule has 18 heavy (non-hydrogen) atoms. The minimum atomic E-state index is -0.551. The van der Waals surface area contributed by atoms with E-state index in [0.717, 1.165) is 13.1 Å². The number of nitrogens with one attached hydrogen (secondary N) is 1. The van der Waals surface area contributed by atoms with Crippen LogP contribution in [0.4, 0.5) is 4.79 Å². The van der Waals surface area contributed by atoms with E-state index in [4.69, 9.17) is 4.74 Å². The number of rotatable bonds is 2. The molecule has 1 saturated heterocycles. The van der Waals surface area contributed by atoms with Crippen molar-refractivity contribution in [3.8, 4) is 0 Å². The molecule has 1 N–H and O–H groups in total. The number of likely N-dealkylation sites (N-methyl/N-ethyl adjacent to an activating group) is 1. The van der Waals surface area contributed by atoms with Gasteiger partial charge in [-0.3, -0.25) is 4.79 Å². The van der Waals surface area contributed by atoms with Gasteiger partial charge in [0.05, 0.1) is 0 Å². The maximum atomic E-state index is 11.8. The third-order valence-electron chi connectivity index (χ3n) is 2.64. The Bertz CT molecular complexity index is 304. The summed E-state index contributed by atoms with van der Waals surface area (Å²) in [6.45, 7) is 8.53. The van der Waals surface area contributed by atoms with E-state index >= 15 is 0 Å². The zero-order chi connectivity index (χ0) is 13.8. The maximum absolute atomic E-state index is 11.8. The lowest BCUT2D eigenvalue weighted by Gasteiger charge is -2.32. The van der Waals surface area contributed by atoms with Gasteiger partial charge in [0.1, 0.15) is 12.1 Å². The molecule has 1 aliphatic heterocycles. The third-order valence-corrected chi connectivity index (χ3v) is 2.64. The van der Waals surface area contributed by atoms with E-state index < -0.39 is 11.7 Å². The molecule has 0 aliphatic carbocycles. The summed E-state index contributed by atoms with van der Waals surface area (Å²) in [7, 11) is 2.03. The van der Waals surface area contributed by atoms with Crippen molar-refractivity contribution in [3.63, 3.8) is 0 Å². The van der Waals surface area contributed by atoms with Crippen molar-refractivity contribution in [2.24, 2.45) is 0 Å². The number of carbonyl (C=O) groups excluding carboxylic acids is 2. The Kier molecular flexibility index (Phi) is 4.95. The first-order valence-corrected chi connectivity index (χ1v) is 6.21. The Balaban J connectivity index is 2.27. The Hall–Kier alpha value is -1.30. The monoisotopic (exact) mass is 257 g/mol. The van der Waals surface area contributed by atoms with Crippen molar-refractivity contribution in [2.45, 2.75) is 26.4 Å². The molecule has 0 unspecified atom stereocenters. The average Bonchev–Trinajstić information content (AvgIpc) is 2.24. The lowest BCUT2D eigenvalue weighted by Crippen LogP contribution is -2.50. The number of nitrogens with zero attached hydrogens (tertiary/aromatic N) is 2. The molecule has 0 aromatic rings. The fourth-order valence-electron chi connectivity index (χ4n) is 1.63. The van der Waals surface area contributed by atoms with E-state index in [2.05, 4.69) is 10.2 Å². The molecule has 0 aromatic carbocycles.